The zero-order valence-corrected chi connectivity index (χ0v) is 6.53. The van der Waals surface area contributed by atoms with Gasteiger partial charge in [0.1, 0.15) is 0 Å². The van der Waals surface area contributed by atoms with Gasteiger partial charge >= 0.3 is 0 Å². The molecule has 0 amide bonds. The number of rotatable bonds is 1. The van der Waals surface area contributed by atoms with Gasteiger partial charge in [0.25, 0.3) is 0 Å². The fourth-order valence-corrected chi connectivity index (χ4v) is 0.553. The van der Waals surface area contributed by atoms with Crippen LogP contribution in [0.1, 0.15) is 6.92 Å². The number of hydrogen-bond acceptors (Lipinski definition) is 2. The van der Waals surface area contributed by atoms with E-state index in [1.165, 1.54) is 5.01 Å². The van der Waals surface area contributed by atoms with Crippen molar-refractivity contribution < 1.29 is 0 Å². The molecule has 0 unspecified atom stereocenters. The normalized spacial score (nSPS) is 8.50. The Balaban J connectivity index is 3.83. The van der Waals surface area contributed by atoms with Crippen LogP contribution in [0.3, 0.4) is 0 Å². The Bertz CT molecular complexity index is 145. The lowest BCUT2D eigenvalue weighted by molar-refractivity contribution is 0.390. The first-order valence-electron chi connectivity index (χ1n) is 2.75. The Morgan fingerprint density at radius 2 is 2.20 bits per heavy atom. The zero-order chi connectivity index (χ0) is 8.15. The molecule has 0 rings (SSSR count). The molecule has 0 aromatic heterocycles. The second-order valence-electron chi connectivity index (χ2n) is 1.61. The molecule has 0 fully saturated rings. The fraction of sp³-hybridized carbons (Fsp3) is 0.500. The zero-order valence-electron chi connectivity index (χ0n) is 5.72. The van der Waals surface area contributed by atoms with E-state index < -0.39 is 0 Å². The molecular formula is C4H11N5S. The Labute approximate surface area is 64.8 Å². The Morgan fingerprint density at radius 1 is 1.70 bits per heavy atom. The predicted molar refractivity (Wildman–Crippen MR) is 44.2 cm³/mol. The number of hydrogen-bond donors (Lipinski definition) is 4. The van der Waals surface area contributed by atoms with Crippen LogP contribution in [-0.4, -0.2) is 22.6 Å². The van der Waals surface area contributed by atoms with Gasteiger partial charge in [-0.15, -0.1) is 0 Å². The molecule has 0 aliphatic rings. The van der Waals surface area contributed by atoms with Crippen LogP contribution < -0.4 is 16.9 Å². The largest absolute Gasteiger partial charge is 0.375 e. The Morgan fingerprint density at radius 3 is 2.30 bits per heavy atom. The molecule has 0 aromatic rings. The maximum Gasteiger partial charge on any atom is 0.207 e. The highest BCUT2D eigenvalue weighted by atomic mass is 32.1. The smallest absolute Gasteiger partial charge is 0.207 e. The number of thiocarbonyl (C=S) groups is 1. The van der Waals surface area contributed by atoms with Gasteiger partial charge in [-0.3, -0.25) is 15.8 Å². The molecule has 10 heavy (non-hydrogen) atoms. The lowest BCUT2D eigenvalue weighted by atomic mass is 10.7. The van der Waals surface area contributed by atoms with Crippen molar-refractivity contribution in [1.82, 2.24) is 10.4 Å². The first-order valence-corrected chi connectivity index (χ1v) is 3.16. The average molecular weight is 161 g/mol. The van der Waals surface area contributed by atoms with Gasteiger partial charge in [-0.25, -0.2) is 0 Å². The van der Waals surface area contributed by atoms with Crippen molar-refractivity contribution in [2.24, 2.45) is 11.5 Å². The van der Waals surface area contributed by atoms with E-state index in [1.54, 1.807) is 0 Å². The molecule has 0 aliphatic heterocycles. The van der Waals surface area contributed by atoms with E-state index in [0.717, 1.165) is 0 Å². The Hall–Kier alpha value is -1.04. The van der Waals surface area contributed by atoms with E-state index in [-0.39, 0.29) is 11.1 Å². The second-order valence-corrected chi connectivity index (χ2v) is 2.05. The summed E-state index contributed by atoms with van der Waals surface area (Å²) < 4.78 is 0. The van der Waals surface area contributed by atoms with E-state index >= 15 is 0 Å². The van der Waals surface area contributed by atoms with E-state index in [1.807, 2.05) is 6.92 Å². The van der Waals surface area contributed by atoms with Crippen LogP contribution in [0.15, 0.2) is 0 Å². The summed E-state index contributed by atoms with van der Waals surface area (Å²) in [5, 5.41) is 8.41. The van der Waals surface area contributed by atoms with E-state index in [2.05, 4.69) is 17.6 Å². The maximum absolute atomic E-state index is 6.97. The van der Waals surface area contributed by atoms with Crippen molar-refractivity contribution in [2.75, 3.05) is 6.54 Å². The highest BCUT2D eigenvalue weighted by Gasteiger charge is 2.01. The van der Waals surface area contributed by atoms with Gasteiger partial charge in [0.2, 0.25) is 5.96 Å². The lowest BCUT2D eigenvalue weighted by Gasteiger charge is -2.20. The molecule has 0 heterocycles. The molecule has 0 spiro atoms. The molecule has 0 saturated heterocycles. The SMILES string of the molecule is CCN(NC(N)=S)C(=N)N. The molecule has 6 N–H and O–H groups in total. The molecule has 0 aliphatic carbocycles. The van der Waals surface area contributed by atoms with Crippen molar-refractivity contribution in [3.8, 4) is 0 Å². The number of hydrazine groups is 1. The first-order chi connectivity index (χ1) is 4.57. The molecule has 0 radical (unpaired) electrons. The number of nitrogens with zero attached hydrogens (tertiary/aromatic N) is 1. The summed E-state index contributed by atoms with van der Waals surface area (Å²) in [7, 11) is 0. The van der Waals surface area contributed by atoms with Gasteiger partial charge in [0.05, 0.1) is 0 Å². The van der Waals surface area contributed by atoms with Crippen LogP contribution in [0.5, 0.6) is 0 Å². The van der Waals surface area contributed by atoms with Gasteiger partial charge in [-0.05, 0) is 19.1 Å². The van der Waals surface area contributed by atoms with E-state index in [4.69, 9.17) is 16.9 Å². The van der Waals surface area contributed by atoms with Gasteiger partial charge in [0, 0.05) is 6.54 Å². The molecule has 5 nitrogen and oxygen atoms in total. The minimum Gasteiger partial charge on any atom is -0.375 e. The lowest BCUT2D eigenvalue weighted by Crippen LogP contribution is -2.50. The summed E-state index contributed by atoms with van der Waals surface area (Å²) in [5.74, 6) is -0.102. The Kier molecular flexibility index (Phi) is 3.48. The van der Waals surface area contributed by atoms with Crippen LogP contribution in [0.25, 0.3) is 0 Å². The minimum absolute atomic E-state index is 0.102. The third kappa shape index (κ3) is 3.08. The van der Waals surface area contributed by atoms with Crippen molar-refractivity contribution in [2.45, 2.75) is 6.92 Å². The maximum atomic E-state index is 6.97. The summed E-state index contributed by atoms with van der Waals surface area (Å²) in [5.41, 5.74) is 12.8. The van der Waals surface area contributed by atoms with Crippen LogP contribution in [0, 0.1) is 5.41 Å². The van der Waals surface area contributed by atoms with Crippen molar-refractivity contribution in [3.63, 3.8) is 0 Å². The van der Waals surface area contributed by atoms with Crippen LogP contribution in [-0.2, 0) is 0 Å². The van der Waals surface area contributed by atoms with Crippen LogP contribution >= 0.6 is 12.2 Å². The molecular weight excluding hydrogens is 150 g/mol. The number of nitrogens with two attached hydrogens (primary N) is 2. The average Bonchev–Trinajstić information content (AvgIpc) is 1.81. The first kappa shape index (κ1) is 8.96. The van der Waals surface area contributed by atoms with Crippen molar-refractivity contribution >= 4 is 23.3 Å². The molecule has 58 valence electrons. The quantitative estimate of drug-likeness (QED) is 0.170. The van der Waals surface area contributed by atoms with Crippen molar-refractivity contribution in [3.05, 3.63) is 0 Å². The van der Waals surface area contributed by atoms with Gasteiger partial charge in [-0.2, -0.15) is 0 Å². The fourth-order valence-electron chi connectivity index (χ4n) is 0.443. The summed E-state index contributed by atoms with van der Waals surface area (Å²) in [6.45, 7) is 2.37. The third-order valence-electron chi connectivity index (χ3n) is 0.852. The van der Waals surface area contributed by atoms with Crippen LogP contribution in [0.4, 0.5) is 0 Å². The standard InChI is InChI=1S/C4H11N5S/c1-2-9(3(5)6)8-4(7)10/h2H2,1H3,(H3,5,6)(H3,7,8,10). The molecule has 0 atom stereocenters. The van der Waals surface area contributed by atoms with E-state index in [0.29, 0.717) is 6.54 Å². The summed E-state index contributed by atoms with van der Waals surface area (Å²) >= 11 is 4.53. The molecule has 0 aromatic carbocycles. The molecule has 0 saturated carbocycles. The van der Waals surface area contributed by atoms with Gasteiger partial charge < -0.3 is 11.5 Å². The molecule has 6 heteroatoms. The van der Waals surface area contributed by atoms with E-state index in [9.17, 15) is 0 Å². The van der Waals surface area contributed by atoms with Gasteiger partial charge in [0.15, 0.2) is 5.11 Å². The predicted octanol–water partition coefficient (Wildman–Crippen LogP) is -1.05. The highest BCUT2D eigenvalue weighted by Crippen LogP contribution is 1.76. The molecule has 0 bridgehead atoms. The number of nitrogens with one attached hydrogen (secondary N) is 2. The van der Waals surface area contributed by atoms with Crippen molar-refractivity contribution in [1.29, 1.82) is 5.41 Å². The van der Waals surface area contributed by atoms with Gasteiger partial charge in [-0.1, -0.05) is 0 Å². The topological polar surface area (TPSA) is 91.2 Å². The second kappa shape index (κ2) is 3.89. The summed E-state index contributed by atoms with van der Waals surface area (Å²) in [6, 6.07) is 0. The third-order valence-corrected chi connectivity index (χ3v) is 0.943. The van der Waals surface area contributed by atoms with Crippen LogP contribution in [0.2, 0.25) is 0 Å². The highest BCUT2D eigenvalue weighted by molar-refractivity contribution is 7.80. The number of guanidine groups is 1. The monoisotopic (exact) mass is 161 g/mol. The minimum atomic E-state index is -0.102. The summed E-state index contributed by atoms with van der Waals surface area (Å²) in [4.78, 5) is 0. The summed E-state index contributed by atoms with van der Waals surface area (Å²) in [6.07, 6.45) is 0.